The van der Waals surface area contributed by atoms with Crippen molar-refractivity contribution < 1.29 is 31.1 Å². The van der Waals surface area contributed by atoms with Gasteiger partial charge in [0.05, 0.1) is 21.5 Å². The molecule has 3 heterocycles. The summed E-state index contributed by atoms with van der Waals surface area (Å²) in [7, 11) is -2.19. The van der Waals surface area contributed by atoms with Crippen LogP contribution >= 0.6 is 0 Å². The number of fused-ring (bicyclic) bond motifs is 1. The molecule has 0 unspecified atom stereocenters. The molecule has 13 heteroatoms. The van der Waals surface area contributed by atoms with Crippen LogP contribution in [0.1, 0.15) is 21.7 Å². The summed E-state index contributed by atoms with van der Waals surface area (Å²) in [6, 6.07) is 5.74. The summed E-state index contributed by atoms with van der Waals surface area (Å²) in [6.45, 7) is 4.01. The van der Waals surface area contributed by atoms with Crippen LogP contribution in [0.2, 0.25) is 0 Å². The van der Waals surface area contributed by atoms with Crippen LogP contribution in [-0.4, -0.2) is 70.8 Å². The summed E-state index contributed by atoms with van der Waals surface area (Å²) in [4.78, 5) is 19.2. The Kier molecular flexibility index (Phi) is 6.02. The lowest BCUT2D eigenvalue weighted by Gasteiger charge is -2.34. The van der Waals surface area contributed by atoms with Gasteiger partial charge in [-0.05, 0) is 44.2 Å². The molecular weight excluding hydrogens is 475 g/mol. The second-order valence-corrected chi connectivity index (χ2v) is 9.87. The number of halogens is 3. The highest BCUT2D eigenvalue weighted by atomic mass is 32.2. The Bertz CT molecular complexity index is 1350. The van der Waals surface area contributed by atoms with Crippen LogP contribution in [0.5, 0.6) is 5.75 Å². The summed E-state index contributed by atoms with van der Waals surface area (Å²) < 4.78 is 69.5. The molecule has 1 fully saturated rings. The van der Waals surface area contributed by atoms with Crippen LogP contribution < -0.4 is 4.74 Å². The molecule has 182 valence electrons. The summed E-state index contributed by atoms with van der Waals surface area (Å²) in [6.07, 6.45) is -4.86. The number of carbonyl (C=O) groups is 1. The van der Waals surface area contributed by atoms with Gasteiger partial charge in [-0.1, -0.05) is 0 Å². The maximum Gasteiger partial charge on any atom is 0.573 e. The molecule has 1 aliphatic rings. The van der Waals surface area contributed by atoms with Gasteiger partial charge in [0.25, 0.3) is 5.91 Å². The molecule has 2 aromatic heterocycles. The molecular formula is C21H22F3N5O4S. The van der Waals surface area contributed by atoms with Crippen molar-refractivity contribution in [3.8, 4) is 5.75 Å². The zero-order valence-corrected chi connectivity index (χ0v) is 19.4. The number of carbonyl (C=O) groups excluding carboxylic acids is 1. The molecule has 0 saturated carbocycles. The number of aromatic nitrogens is 3. The Morgan fingerprint density at radius 2 is 1.68 bits per heavy atom. The van der Waals surface area contributed by atoms with E-state index in [2.05, 4.69) is 14.8 Å². The summed E-state index contributed by atoms with van der Waals surface area (Å²) in [5.74, 6) is -0.746. The number of rotatable bonds is 4. The minimum absolute atomic E-state index is 0.0497. The number of aryl methyl sites for hydroxylation is 3. The van der Waals surface area contributed by atoms with Gasteiger partial charge in [-0.3, -0.25) is 9.48 Å². The topological polar surface area (TPSA) is 97.6 Å². The van der Waals surface area contributed by atoms with E-state index in [4.69, 9.17) is 0 Å². The van der Waals surface area contributed by atoms with Gasteiger partial charge in [0.1, 0.15) is 5.75 Å². The number of benzene rings is 1. The van der Waals surface area contributed by atoms with E-state index in [9.17, 15) is 26.4 Å². The molecule has 0 spiro atoms. The number of amides is 1. The van der Waals surface area contributed by atoms with Crippen LogP contribution in [0.3, 0.4) is 0 Å². The quantitative estimate of drug-likeness (QED) is 0.550. The van der Waals surface area contributed by atoms with Crippen LogP contribution in [0.25, 0.3) is 11.0 Å². The SMILES string of the molecule is Cc1cc(C(=O)N2CCN(S(=O)(=O)c3ccc(OC(F)(F)F)cc3)CC2)c2c(C)nn(C)c2n1. The highest BCUT2D eigenvalue weighted by Gasteiger charge is 2.33. The molecule has 0 bridgehead atoms. The second-order valence-electron chi connectivity index (χ2n) is 7.93. The number of ether oxygens (including phenoxy) is 1. The molecule has 9 nitrogen and oxygen atoms in total. The van der Waals surface area contributed by atoms with Gasteiger partial charge in [0, 0.05) is 38.9 Å². The maximum absolute atomic E-state index is 13.3. The second kappa shape index (κ2) is 8.55. The summed E-state index contributed by atoms with van der Waals surface area (Å²) in [5, 5.41) is 5.01. The van der Waals surface area contributed by atoms with Crippen molar-refractivity contribution in [2.45, 2.75) is 25.1 Å². The predicted molar refractivity (Wildman–Crippen MR) is 116 cm³/mol. The van der Waals surface area contributed by atoms with Crippen LogP contribution in [0.4, 0.5) is 13.2 Å². The minimum atomic E-state index is -4.86. The Morgan fingerprint density at radius 3 is 2.26 bits per heavy atom. The van der Waals surface area contributed by atoms with E-state index in [1.807, 2.05) is 0 Å². The third kappa shape index (κ3) is 4.57. The van der Waals surface area contributed by atoms with Gasteiger partial charge < -0.3 is 9.64 Å². The molecule has 0 radical (unpaired) electrons. The van der Waals surface area contributed by atoms with E-state index in [0.717, 1.165) is 24.3 Å². The number of hydrogen-bond acceptors (Lipinski definition) is 6. The Labute approximate surface area is 193 Å². The number of pyridine rings is 1. The van der Waals surface area contributed by atoms with Crippen molar-refractivity contribution in [1.29, 1.82) is 0 Å². The Hall–Kier alpha value is -3.19. The first kappa shape index (κ1) is 24.0. The number of sulfonamides is 1. The lowest BCUT2D eigenvalue weighted by molar-refractivity contribution is -0.274. The van der Waals surface area contributed by atoms with Crippen LogP contribution in [0, 0.1) is 13.8 Å². The van der Waals surface area contributed by atoms with Gasteiger partial charge in [0.2, 0.25) is 10.0 Å². The third-order valence-electron chi connectivity index (χ3n) is 5.55. The van der Waals surface area contributed by atoms with Gasteiger partial charge in [-0.15, -0.1) is 13.2 Å². The van der Waals surface area contributed by atoms with Crippen molar-refractivity contribution in [1.82, 2.24) is 24.0 Å². The summed E-state index contributed by atoms with van der Waals surface area (Å²) in [5.41, 5.74) is 2.40. The number of piperazine rings is 1. The first-order valence-electron chi connectivity index (χ1n) is 10.3. The molecule has 1 saturated heterocycles. The monoisotopic (exact) mass is 497 g/mol. The standard InChI is InChI=1S/C21H22F3N5O4S/c1-13-12-17(18-14(2)26-27(3)19(18)25-13)20(30)28-8-10-29(11-9-28)34(31,32)16-6-4-15(5-7-16)33-21(22,23)24/h4-7,12H,8-11H2,1-3H3. The van der Waals surface area contributed by atoms with Gasteiger partial charge >= 0.3 is 6.36 Å². The molecule has 4 rings (SSSR count). The third-order valence-corrected chi connectivity index (χ3v) is 7.46. The molecule has 0 atom stereocenters. The smallest absolute Gasteiger partial charge is 0.406 e. The normalized spacial score (nSPS) is 15.6. The number of alkyl halides is 3. The molecule has 1 amide bonds. The average molecular weight is 497 g/mol. The van der Waals surface area contributed by atoms with Crippen LogP contribution in [-0.2, 0) is 17.1 Å². The zero-order valence-electron chi connectivity index (χ0n) is 18.6. The molecule has 1 aliphatic heterocycles. The lowest BCUT2D eigenvalue weighted by atomic mass is 10.1. The first-order chi connectivity index (χ1) is 15.9. The molecule has 34 heavy (non-hydrogen) atoms. The molecule has 0 aliphatic carbocycles. The number of hydrogen-bond donors (Lipinski definition) is 0. The van der Waals surface area contributed by atoms with Crippen molar-refractivity contribution in [2.24, 2.45) is 7.05 Å². The van der Waals surface area contributed by atoms with Crippen molar-refractivity contribution in [2.75, 3.05) is 26.2 Å². The Morgan fingerprint density at radius 1 is 1.06 bits per heavy atom. The molecule has 3 aromatic rings. The van der Waals surface area contributed by atoms with Crippen molar-refractivity contribution >= 4 is 27.0 Å². The van der Waals surface area contributed by atoms with Crippen molar-refractivity contribution in [3.05, 3.63) is 47.3 Å². The summed E-state index contributed by atoms with van der Waals surface area (Å²) >= 11 is 0. The highest BCUT2D eigenvalue weighted by molar-refractivity contribution is 7.89. The van der Waals surface area contributed by atoms with E-state index in [1.54, 1.807) is 36.5 Å². The van der Waals surface area contributed by atoms with Crippen LogP contribution in [0.15, 0.2) is 35.2 Å². The fourth-order valence-corrected chi connectivity index (χ4v) is 5.43. The number of nitrogens with zero attached hydrogens (tertiary/aromatic N) is 5. The van der Waals surface area contributed by atoms with E-state index in [1.165, 1.54) is 4.31 Å². The fraction of sp³-hybridized carbons (Fsp3) is 0.381. The Balaban J connectivity index is 1.49. The average Bonchev–Trinajstić information content (AvgIpc) is 3.05. The fourth-order valence-electron chi connectivity index (χ4n) is 4.00. The zero-order chi connectivity index (χ0) is 24.8. The molecule has 1 aromatic carbocycles. The van der Waals surface area contributed by atoms with E-state index in [0.29, 0.717) is 28.0 Å². The van der Waals surface area contributed by atoms with E-state index in [-0.39, 0.29) is 37.0 Å². The van der Waals surface area contributed by atoms with E-state index < -0.39 is 22.1 Å². The van der Waals surface area contributed by atoms with Gasteiger partial charge in [0.15, 0.2) is 5.65 Å². The molecule has 0 N–H and O–H groups in total. The largest absolute Gasteiger partial charge is 0.573 e. The van der Waals surface area contributed by atoms with Gasteiger partial charge in [-0.2, -0.15) is 9.40 Å². The van der Waals surface area contributed by atoms with Crippen molar-refractivity contribution in [3.63, 3.8) is 0 Å². The van der Waals surface area contributed by atoms with Gasteiger partial charge in [-0.25, -0.2) is 13.4 Å². The minimum Gasteiger partial charge on any atom is -0.406 e. The maximum atomic E-state index is 13.3. The first-order valence-corrected chi connectivity index (χ1v) is 11.8. The highest BCUT2D eigenvalue weighted by Crippen LogP contribution is 2.27. The lowest BCUT2D eigenvalue weighted by Crippen LogP contribution is -2.50. The predicted octanol–water partition coefficient (Wildman–Crippen LogP) is 2.63. The van der Waals surface area contributed by atoms with E-state index >= 15 is 0 Å².